The molecule has 0 saturated carbocycles. The van der Waals surface area contributed by atoms with Gasteiger partial charge in [-0.05, 0) is 31.2 Å². The summed E-state index contributed by atoms with van der Waals surface area (Å²) in [4.78, 5) is 22.4. The molecule has 0 spiro atoms. The third-order valence-electron chi connectivity index (χ3n) is 5.54. The number of alkyl halides is 2. The van der Waals surface area contributed by atoms with Crippen LogP contribution in [0.15, 0.2) is 18.6 Å². The molecule has 6 nitrogen and oxygen atoms in total. The number of hydrogen-bond acceptors (Lipinski definition) is 7. The van der Waals surface area contributed by atoms with Gasteiger partial charge in [0.05, 0.1) is 30.8 Å². The smallest absolute Gasteiger partial charge is 0.240 e. The van der Waals surface area contributed by atoms with Crippen LogP contribution in [0.3, 0.4) is 0 Å². The van der Waals surface area contributed by atoms with Gasteiger partial charge >= 0.3 is 0 Å². The average molecular weight is 417 g/mol. The van der Waals surface area contributed by atoms with Gasteiger partial charge in [0, 0.05) is 30.2 Å². The van der Waals surface area contributed by atoms with E-state index in [-0.39, 0.29) is 13.0 Å². The Morgan fingerprint density at radius 3 is 2.93 bits per heavy atom. The van der Waals surface area contributed by atoms with Crippen molar-refractivity contribution in [1.82, 2.24) is 19.9 Å². The Labute approximate surface area is 171 Å². The second-order valence-electron chi connectivity index (χ2n) is 7.40. The number of hydrogen-bond donors (Lipinski definition) is 0. The summed E-state index contributed by atoms with van der Waals surface area (Å²) in [6.45, 7) is 1.31. The van der Waals surface area contributed by atoms with Crippen molar-refractivity contribution in [1.29, 1.82) is 0 Å². The maximum atomic E-state index is 13.2. The number of rotatable bonds is 4. The molecule has 152 valence electrons. The highest BCUT2D eigenvalue weighted by Gasteiger charge is 2.31. The summed E-state index contributed by atoms with van der Waals surface area (Å²) in [5.41, 5.74) is 1.87. The monoisotopic (exact) mass is 417 g/mol. The Kier molecular flexibility index (Phi) is 5.09. The predicted molar refractivity (Wildman–Crippen MR) is 108 cm³/mol. The summed E-state index contributed by atoms with van der Waals surface area (Å²) >= 11 is 1.70. The van der Waals surface area contributed by atoms with E-state index in [1.165, 1.54) is 16.9 Å². The molecule has 0 bridgehead atoms. The summed E-state index contributed by atoms with van der Waals surface area (Å²) in [5, 5.41) is 1.03. The number of aryl methyl sites for hydroxylation is 2. The van der Waals surface area contributed by atoms with Crippen LogP contribution in [0.1, 0.15) is 29.7 Å². The molecule has 1 unspecified atom stereocenters. The van der Waals surface area contributed by atoms with Crippen LogP contribution in [-0.4, -0.2) is 52.2 Å². The van der Waals surface area contributed by atoms with Crippen LogP contribution >= 0.6 is 11.3 Å². The summed E-state index contributed by atoms with van der Waals surface area (Å²) in [6, 6.07) is -0.407. The number of nitrogens with zero attached hydrogens (tertiary/aromatic N) is 5. The minimum Gasteiger partial charge on any atom is -0.377 e. The molecule has 0 N–H and O–H groups in total. The van der Waals surface area contributed by atoms with Gasteiger partial charge in [-0.1, -0.05) is 0 Å². The summed E-state index contributed by atoms with van der Waals surface area (Å²) in [7, 11) is 0. The Morgan fingerprint density at radius 1 is 1.21 bits per heavy atom. The topological polar surface area (TPSA) is 64.0 Å². The highest BCUT2D eigenvalue weighted by atomic mass is 32.1. The molecule has 1 atom stereocenters. The van der Waals surface area contributed by atoms with Crippen LogP contribution in [0, 0.1) is 0 Å². The van der Waals surface area contributed by atoms with E-state index in [0.717, 1.165) is 35.3 Å². The third kappa shape index (κ3) is 3.57. The highest BCUT2D eigenvalue weighted by Crippen LogP contribution is 2.41. The molecule has 29 heavy (non-hydrogen) atoms. The lowest BCUT2D eigenvalue weighted by molar-refractivity contribution is 0.0582. The van der Waals surface area contributed by atoms with Crippen LogP contribution in [0.5, 0.6) is 0 Å². The fourth-order valence-corrected chi connectivity index (χ4v) is 5.47. The molecule has 0 aromatic carbocycles. The molecule has 4 heterocycles. The molecule has 3 aromatic heterocycles. The molecule has 5 rings (SSSR count). The quantitative estimate of drug-likeness (QED) is 0.642. The number of morpholine rings is 1. The normalized spacial score (nSPS) is 19.7. The van der Waals surface area contributed by atoms with Crippen molar-refractivity contribution in [2.24, 2.45) is 0 Å². The third-order valence-corrected chi connectivity index (χ3v) is 6.72. The summed E-state index contributed by atoms with van der Waals surface area (Å²) in [5.74, 6) is 1.23. The molecular weight excluding hydrogens is 396 g/mol. The molecular formula is C20H21F2N5OS. The summed E-state index contributed by atoms with van der Waals surface area (Å²) in [6.07, 6.45) is 6.55. The number of aromatic nitrogens is 4. The molecule has 3 aromatic rings. The van der Waals surface area contributed by atoms with E-state index in [1.54, 1.807) is 29.9 Å². The molecule has 2 aliphatic rings. The van der Waals surface area contributed by atoms with E-state index in [1.807, 2.05) is 4.90 Å². The van der Waals surface area contributed by atoms with E-state index in [4.69, 9.17) is 14.7 Å². The predicted octanol–water partition coefficient (Wildman–Crippen LogP) is 3.89. The number of anilines is 1. The van der Waals surface area contributed by atoms with Gasteiger partial charge in [0.1, 0.15) is 16.3 Å². The first kappa shape index (κ1) is 18.7. The van der Waals surface area contributed by atoms with Gasteiger partial charge in [-0.15, -0.1) is 11.3 Å². The van der Waals surface area contributed by atoms with Gasteiger partial charge in [-0.2, -0.15) is 0 Å². The molecule has 1 aliphatic heterocycles. The van der Waals surface area contributed by atoms with Gasteiger partial charge in [0.2, 0.25) is 6.43 Å². The fourth-order valence-electron chi connectivity index (χ4n) is 4.21. The fraction of sp³-hybridized carbons (Fsp3) is 0.500. The molecule has 0 radical (unpaired) electrons. The number of thiophene rings is 1. The zero-order valence-electron chi connectivity index (χ0n) is 15.9. The van der Waals surface area contributed by atoms with Gasteiger partial charge < -0.3 is 9.64 Å². The van der Waals surface area contributed by atoms with Crippen LogP contribution in [0.4, 0.5) is 14.6 Å². The van der Waals surface area contributed by atoms with Crippen molar-refractivity contribution in [3.8, 4) is 11.5 Å². The summed E-state index contributed by atoms with van der Waals surface area (Å²) < 4.78 is 32.0. The molecule has 1 fully saturated rings. The van der Waals surface area contributed by atoms with E-state index >= 15 is 0 Å². The standard InChI is InChI=1S/C20H21F2N5OS/c21-16(22)9-12-11-28-8-7-27(12)19-17-13-3-1-2-4-15(13)29-20(17)26-18(25-19)14-10-23-5-6-24-14/h5-6,10,12,16H,1-4,7-9,11H2. The molecule has 9 heteroatoms. The van der Waals surface area contributed by atoms with Crippen molar-refractivity contribution in [2.75, 3.05) is 24.7 Å². The van der Waals surface area contributed by atoms with Crippen LogP contribution in [-0.2, 0) is 17.6 Å². The van der Waals surface area contributed by atoms with Gasteiger partial charge in [0.15, 0.2) is 5.82 Å². The first-order chi connectivity index (χ1) is 14.2. The lowest BCUT2D eigenvalue weighted by Crippen LogP contribution is -2.47. The van der Waals surface area contributed by atoms with Gasteiger partial charge in [0.25, 0.3) is 0 Å². The van der Waals surface area contributed by atoms with Crippen LogP contribution in [0.2, 0.25) is 0 Å². The SMILES string of the molecule is FC(F)CC1COCCN1c1nc(-c2cnccn2)nc2sc3c(c12)CCCC3. The largest absolute Gasteiger partial charge is 0.377 e. The van der Waals surface area contributed by atoms with E-state index in [2.05, 4.69) is 9.97 Å². The van der Waals surface area contributed by atoms with Gasteiger partial charge in [-0.25, -0.2) is 23.7 Å². The molecule has 0 amide bonds. The zero-order valence-corrected chi connectivity index (χ0v) is 16.7. The van der Waals surface area contributed by atoms with E-state index in [9.17, 15) is 8.78 Å². The lowest BCUT2D eigenvalue weighted by Gasteiger charge is -2.37. The Bertz CT molecular complexity index is 1010. The minimum atomic E-state index is -2.39. The average Bonchev–Trinajstić information content (AvgIpc) is 3.12. The number of halogens is 2. The van der Waals surface area contributed by atoms with E-state index < -0.39 is 12.5 Å². The maximum absolute atomic E-state index is 13.2. The molecule has 1 saturated heterocycles. The maximum Gasteiger partial charge on any atom is 0.240 e. The number of ether oxygens (including phenoxy) is 1. The van der Waals surface area contributed by atoms with Crippen LogP contribution < -0.4 is 4.90 Å². The minimum absolute atomic E-state index is 0.238. The first-order valence-corrected chi connectivity index (χ1v) is 10.7. The first-order valence-electron chi connectivity index (χ1n) is 9.92. The van der Waals surface area contributed by atoms with Gasteiger partial charge in [-0.3, -0.25) is 4.98 Å². The van der Waals surface area contributed by atoms with Crippen molar-refractivity contribution in [3.63, 3.8) is 0 Å². The van der Waals surface area contributed by atoms with Crippen molar-refractivity contribution < 1.29 is 13.5 Å². The van der Waals surface area contributed by atoms with Crippen molar-refractivity contribution in [2.45, 2.75) is 44.6 Å². The van der Waals surface area contributed by atoms with Crippen molar-refractivity contribution >= 4 is 27.4 Å². The Morgan fingerprint density at radius 2 is 2.10 bits per heavy atom. The lowest BCUT2D eigenvalue weighted by atomic mass is 9.96. The zero-order chi connectivity index (χ0) is 19.8. The highest BCUT2D eigenvalue weighted by molar-refractivity contribution is 7.19. The Hall–Kier alpha value is -2.26. The van der Waals surface area contributed by atoms with Crippen molar-refractivity contribution in [3.05, 3.63) is 29.0 Å². The number of fused-ring (bicyclic) bond motifs is 3. The van der Waals surface area contributed by atoms with Crippen LogP contribution in [0.25, 0.3) is 21.7 Å². The Balaban J connectivity index is 1.69. The second kappa shape index (κ2) is 7.87. The molecule has 1 aliphatic carbocycles. The van der Waals surface area contributed by atoms with E-state index in [0.29, 0.717) is 24.7 Å². The second-order valence-corrected chi connectivity index (χ2v) is 8.49.